The molecule has 0 saturated heterocycles. The minimum Gasteiger partial charge on any atom is -0.340 e. The zero-order valence-corrected chi connectivity index (χ0v) is 19.2. The van der Waals surface area contributed by atoms with Crippen LogP contribution in [0, 0.1) is 19.9 Å². The Kier molecular flexibility index (Phi) is 5.46. The fraction of sp³-hybridized carbons (Fsp3) is 0.0833. The molecule has 0 aliphatic heterocycles. The van der Waals surface area contributed by atoms with Gasteiger partial charge in [-0.3, -0.25) is 9.97 Å². The summed E-state index contributed by atoms with van der Waals surface area (Å²) in [4.78, 5) is 9.06. The van der Waals surface area contributed by atoms with Crippen LogP contribution in [-0.2, 0) is 20.1 Å². The monoisotopic (exact) mass is 573 g/mol. The van der Waals surface area contributed by atoms with Gasteiger partial charge in [0, 0.05) is 38.2 Å². The van der Waals surface area contributed by atoms with Crippen molar-refractivity contribution < 1.29 is 20.1 Å². The van der Waals surface area contributed by atoms with Crippen molar-refractivity contribution in [2.24, 2.45) is 0 Å². The number of thiazole rings is 1. The number of hydrogen-bond acceptors (Lipinski definition) is 3. The van der Waals surface area contributed by atoms with Crippen molar-refractivity contribution in [1.82, 2.24) is 14.5 Å². The summed E-state index contributed by atoms with van der Waals surface area (Å²) in [6.07, 6.45) is 3.87. The van der Waals surface area contributed by atoms with Gasteiger partial charge in [0.05, 0.1) is 11.3 Å². The first kappa shape index (κ1) is 19.7. The number of fused-ring (bicyclic) bond motifs is 1. The molecule has 0 aliphatic rings. The van der Waals surface area contributed by atoms with Crippen LogP contribution in [0.15, 0.2) is 72.5 Å². The molecule has 0 N–H and O–H groups in total. The van der Waals surface area contributed by atoms with Crippen LogP contribution in [0.4, 0.5) is 0 Å². The summed E-state index contributed by atoms with van der Waals surface area (Å²) < 4.78 is 3.30. The Bertz CT molecular complexity index is 1260. The van der Waals surface area contributed by atoms with E-state index in [2.05, 4.69) is 76.9 Å². The predicted molar refractivity (Wildman–Crippen MR) is 116 cm³/mol. The Balaban J connectivity index is 0.00000205. The van der Waals surface area contributed by atoms with Crippen molar-refractivity contribution in [3.8, 4) is 28.2 Å². The van der Waals surface area contributed by atoms with E-state index in [4.69, 9.17) is 0 Å². The fourth-order valence-corrected chi connectivity index (χ4v) is 4.39. The van der Waals surface area contributed by atoms with Gasteiger partial charge in [0.2, 0.25) is 0 Å². The first-order valence-electron chi connectivity index (χ1n) is 9.16. The van der Waals surface area contributed by atoms with Gasteiger partial charge >= 0.3 is 0 Å². The zero-order valence-electron chi connectivity index (χ0n) is 16.0. The van der Waals surface area contributed by atoms with Crippen LogP contribution >= 0.6 is 11.3 Å². The molecule has 0 spiro atoms. The number of hydrogen-bond donors (Lipinski definition) is 0. The Morgan fingerprint density at radius 2 is 1.69 bits per heavy atom. The molecule has 5 aromatic rings. The van der Waals surface area contributed by atoms with Gasteiger partial charge in [0.15, 0.2) is 0 Å². The standard InChI is InChI=1S/C24H18N3S.Ir/c1-16-12-20(18-6-4-3-5-7-18)13-17(2)23(16)27-11-10-25-24(27)19-8-9-22-21(14-19)26-15-28-22;/h3-7,9-15H,1-2H3;/q-1;. The third-order valence-electron chi connectivity index (χ3n) is 4.98. The van der Waals surface area contributed by atoms with E-state index in [1.165, 1.54) is 27.9 Å². The van der Waals surface area contributed by atoms with Crippen LogP contribution in [0.3, 0.4) is 0 Å². The summed E-state index contributed by atoms with van der Waals surface area (Å²) in [5, 5.41) is 0. The van der Waals surface area contributed by atoms with E-state index in [-0.39, 0.29) is 20.1 Å². The minimum absolute atomic E-state index is 0. The molecular formula is C24H18IrN3S-. The van der Waals surface area contributed by atoms with Crippen molar-refractivity contribution in [2.75, 3.05) is 0 Å². The molecule has 5 rings (SSSR count). The Morgan fingerprint density at radius 1 is 0.931 bits per heavy atom. The number of imidazole rings is 1. The first-order chi connectivity index (χ1) is 13.7. The van der Waals surface area contributed by atoms with E-state index in [1.54, 1.807) is 11.3 Å². The summed E-state index contributed by atoms with van der Waals surface area (Å²) in [6.45, 7) is 4.32. The van der Waals surface area contributed by atoms with E-state index in [0.29, 0.717) is 0 Å². The number of nitrogens with zero attached hydrogens (tertiary/aromatic N) is 3. The van der Waals surface area contributed by atoms with Gasteiger partial charge in [-0.05, 0) is 58.5 Å². The number of aromatic nitrogens is 3. The first-order valence-corrected chi connectivity index (χ1v) is 10.0. The summed E-state index contributed by atoms with van der Waals surface area (Å²) in [5.74, 6) is 0.883. The van der Waals surface area contributed by atoms with Gasteiger partial charge in [-0.15, -0.1) is 23.8 Å². The van der Waals surface area contributed by atoms with Crippen LogP contribution in [-0.4, -0.2) is 14.5 Å². The summed E-state index contributed by atoms with van der Waals surface area (Å²) in [7, 11) is 0. The van der Waals surface area contributed by atoms with Crippen LogP contribution in [0.2, 0.25) is 0 Å². The second kappa shape index (κ2) is 8.03. The number of aryl methyl sites for hydroxylation is 2. The molecule has 3 aromatic carbocycles. The molecule has 0 atom stereocenters. The molecule has 0 unspecified atom stereocenters. The minimum atomic E-state index is 0. The zero-order chi connectivity index (χ0) is 19.1. The summed E-state index contributed by atoms with van der Waals surface area (Å²) >= 11 is 1.63. The molecule has 2 aromatic heterocycles. The van der Waals surface area contributed by atoms with Crippen molar-refractivity contribution in [3.63, 3.8) is 0 Å². The Hall–Kier alpha value is -2.59. The number of benzene rings is 3. The maximum Gasteiger partial charge on any atom is 0.0692 e. The van der Waals surface area contributed by atoms with E-state index in [9.17, 15) is 0 Å². The van der Waals surface area contributed by atoms with Crippen molar-refractivity contribution in [1.29, 1.82) is 0 Å². The maximum atomic E-state index is 4.62. The van der Waals surface area contributed by atoms with Crippen LogP contribution in [0.5, 0.6) is 0 Å². The Labute approximate surface area is 187 Å². The molecule has 0 fully saturated rings. The summed E-state index contributed by atoms with van der Waals surface area (Å²) in [5.41, 5.74) is 9.87. The molecule has 0 bridgehead atoms. The van der Waals surface area contributed by atoms with E-state index in [0.717, 1.165) is 21.6 Å². The normalized spacial score (nSPS) is 10.8. The van der Waals surface area contributed by atoms with Crippen LogP contribution in [0.1, 0.15) is 11.1 Å². The molecule has 1 radical (unpaired) electrons. The van der Waals surface area contributed by atoms with E-state index < -0.39 is 0 Å². The largest absolute Gasteiger partial charge is 0.340 e. The molecule has 0 amide bonds. The average molecular weight is 573 g/mol. The topological polar surface area (TPSA) is 30.7 Å². The van der Waals surface area contributed by atoms with Crippen LogP contribution < -0.4 is 0 Å². The maximum absolute atomic E-state index is 4.62. The van der Waals surface area contributed by atoms with Crippen molar-refractivity contribution in [2.45, 2.75) is 13.8 Å². The quantitative estimate of drug-likeness (QED) is 0.240. The molecule has 2 heterocycles. The van der Waals surface area contributed by atoms with Gasteiger partial charge in [-0.1, -0.05) is 30.3 Å². The molecule has 0 aliphatic carbocycles. The van der Waals surface area contributed by atoms with Crippen LogP contribution in [0.25, 0.3) is 38.4 Å². The smallest absolute Gasteiger partial charge is 0.0692 e. The van der Waals surface area contributed by atoms with Gasteiger partial charge in [0.1, 0.15) is 0 Å². The van der Waals surface area contributed by atoms with E-state index >= 15 is 0 Å². The van der Waals surface area contributed by atoms with E-state index in [1.807, 2.05) is 30.0 Å². The second-order valence-electron chi connectivity index (χ2n) is 6.89. The van der Waals surface area contributed by atoms with Crippen molar-refractivity contribution in [3.05, 3.63) is 89.7 Å². The molecule has 0 saturated carbocycles. The van der Waals surface area contributed by atoms with Gasteiger partial charge in [0.25, 0.3) is 0 Å². The summed E-state index contributed by atoms with van der Waals surface area (Å²) in [6, 6.07) is 22.4. The third-order valence-corrected chi connectivity index (χ3v) is 5.78. The average Bonchev–Trinajstić information content (AvgIpc) is 3.37. The van der Waals surface area contributed by atoms with Crippen molar-refractivity contribution >= 4 is 21.6 Å². The van der Waals surface area contributed by atoms with Gasteiger partial charge in [-0.2, -0.15) is 11.3 Å². The molecule has 5 heteroatoms. The molecule has 3 nitrogen and oxygen atoms in total. The molecular weight excluding hydrogens is 555 g/mol. The van der Waals surface area contributed by atoms with Gasteiger partial charge in [-0.25, -0.2) is 0 Å². The Morgan fingerprint density at radius 3 is 2.45 bits per heavy atom. The van der Waals surface area contributed by atoms with Gasteiger partial charge < -0.3 is 4.57 Å². The second-order valence-corrected chi connectivity index (χ2v) is 7.78. The number of rotatable bonds is 3. The molecule has 145 valence electrons. The fourth-order valence-electron chi connectivity index (χ4n) is 3.75. The predicted octanol–water partition coefficient (Wildman–Crippen LogP) is 6.23. The molecule has 29 heavy (non-hydrogen) atoms. The third kappa shape index (κ3) is 3.57. The SMILES string of the molecule is Cc1cc(-c2ccccc2)cc(C)c1-n1ccnc1-c1[c-]cc2scnc2c1.[Ir].